The Bertz CT molecular complexity index is 1230. The molecule has 1 spiro atoms. The molecule has 0 radical (unpaired) electrons. The minimum Gasteiger partial charge on any atom is -0.451 e. The molecule has 4 aliphatic rings. The number of hydrogen-bond donors (Lipinski definition) is 1. The molecular weight excluding hydrogens is 535 g/mol. The molecule has 0 unspecified atom stereocenters. The molecule has 0 bridgehead atoms. The lowest BCUT2D eigenvalue weighted by Crippen LogP contribution is -2.61. The zero-order chi connectivity index (χ0) is 29.3. The fourth-order valence-electron chi connectivity index (χ4n) is 7.34. The molecule has 2 N–H and O–H groups in total. The number of hydrogen-bond acceptors (Lipinski definition) is 8. The molecule has 1 aromatic heterocycles. The van der Waals surface area contributed by atoms with Gasteiger partial charge in [0.15, 0.2) is 11.6 Å². The number of carbonyl (C=O) groups excluding carboxylic acids is 1. The van der Waals surface area contributed by atoms with E-state index in [-0.39, 0.29) is 35.0 Å². The van der Waals surface area contributed by atoms with Gasteiger partial charge in [-0.15, -0.1) is 0 Å². The summed E-state index contributed by atoms with van der Waals surface area (Å²) < 4.78 is 26.8. The number of nitrogens with zero attached hydrogens (tertiary/aromatic N) is 5. The number of piperidine rings is 1. The van der Waals surface area contributed by atoms with Crippen LogP contribution in [0, 0.1) is 11.2 Å². The van der Waals surface area contributed by atoms with Crippen LogP contribution in [0.15, 0.2) is 30.7 Å². The minimum atomic E-state index is -0.458. The predicted molar refractivity (Wildman–Crippen MR) is 159 cm³/mol. The van der Waals surface area contributed by atoms with E-state index >= 15 is 0 Å². The summed E-state index contributed by atoms with van der Waals surface area (Å²) in [6, 6.07) is 4.54. The quantitative estimate of drug-likeness (QED) is 0.484. The standard InChI is InChI=1S/C32H45FN6O3/c1-22(2)39(25-5-3-4-6-25)31(40)27-15-23(33)7-10-28(27)42-29-16-35-21-36-30(29)38-19-32(20-38)11-13-37(14-12-32)17-26-9-8-24(34)18-41-26/h7,10,15-16,21-22,24-26H,3-6,8-9,11-14,17-20,34H2,1-2H3/t24-,26+/m1/s1. The van der Waals surface area contributed by atoms with Gasteiger partial charge in [0.2, 0.25) is 0 Å². The zero-order valence-corrected chi connectivity index (χ0v) is 25.0. The second-order valence-corrected chi connectivity index (χ2v) is 13.1. The van der Waals surface area contributed by atoms with Crippen LogP contribution in [0.3, 0.4) is 0 Å². The van der Waals surface area contributed by atoms with Gasteiger partial charge < -0.3 is 29.9 Å². The lowest BCUT2D eigenvalue weighted by atomic mass is 9.72. The normalized spacial score (nSPS) is 24.6. The number of rotatable bonds is 8. The lowest BCUT2D eigenvalue weighted by molar-refractivity contribution is -0.0277. The van der Waals surface area contributed by atoms with Gasteiger partial charge in [-0.3, -0.25) is 4.79 Å². The van der Waals surface area contributed by atoms with Crippen molar-refractivity contribution in [1.82, 2.24) is 19.8 Å². The Hall–Kier alpha value is -2.82. The van der Waals surface area contributed by atoms with Crippen molar-refractivity contribution in [2.45, 2.75) is 89.4 Å². The fraction of sp³-hybridized carbons (Fsp3) is 0.656. The molecule has 1 aromatic carbocycles. The van der Waals surface area contributed by atoms with E-state index in [2.05, 4.69) is 19.8 Å². The number of likely N-dealkylation sites (tertiary alicyclic amines) is 1. The molecule has 2 atom stereocenters. The van der Waals surface area contributed by atoms with Gasteiger partial charge in [0.25, 0.3) is 5.91 Å². The molecule has 10 heteroatoms. The largest absolute Gasteiger partial charge is 0.451 e. The lowest BCUT2D eigenvalue weighted by Gasteiger charge is -2.54. The van der Waals surface area contributed by atoms with Crippen LogP contribution in [-0.4, -0.2) is 89.2 Å². The van der Waals surface area contributed by atoms with Gasteiger partial charge >= 0.3 is 0 Å². The molecule has 6 rings (SSSR count). The smallest absolute Gasteiger partial charge is 0.258 e. The summed E-state index contributed by atoms with van der Waals surface area (Å²) in [5.41, 5.74) is 6.49. The fourth-order valence-corrected chi connectivity index (χ4v) is 7.34. The van der Waals surface area contributed by atoms with E-state index in [0.717, 1.165) is 84.1 Å². The highest BCUT2D eigenvalue weighted by Crippen LogP contribution is 2.45. The predicted octanol–water partition coefficient (Wildman–Crippen LogP) is 4.61. The first-order valence-corrected chi connectivity index (χ1v) is 15.7. The highest BCUT2D eigenvalue weighted by molar-refractivity contribution is 5.97. The highest BCUT2D eigenvalue weighted by Gasteiger charge is 2.46. The molecule has 1 aliphatic carbocycles. The molecular formula is C32H45FN6O3. The van der Waals surface area contributed by atoms with Crippen LogP contribution in [0.1, 0.15) is 75.6 Å². The summed E-state index contributed by atoms with van der Waals surface area (Å²) in [5, 5.41) is 0. The van der Waals surface area contributed by atoms with Crippen molar-refractivity contribution in [3.63, 3.8) is 0 Å². The number of carbonyl (C=O) groups is 1. The van der Waals surface area contributed by atoms with Gasteiger partial charge in [-0.1, -0.05) is 12.8 Å². The molecule has 2 aromatic rings. The number of benzene rings is 1. The van der Waals surface area contributed by atoms with Crippen LogP contribution >= 0.6 is 0 Å². The average Bonchev–Trinajstić information content (AvgIpc) is 3.49. The number of aromatic nitrogens is 2. The molecule has 4 fully saturated rings. The van der Waals surface area contributed by atoms with Crippen LogP contribution in [-0.2, 0) is 4.74 Å². The highest BCUT2D eigenvalue weighted by atomic mass is 19.1. The van der Waals surface area contributed by atoms with Gasteiger partial charge in [-0.05, 0) is 83.7 Å². The number of anilines is 1. The van der Waals surface area contributed by atoms with Crippen LogP contribution in [0.25, 0.3) is 0 Å². The summed E-state index contributed by atoms with van der Waals surface area (Å²) >= 11 is 0. The zero-order valence-electron chi connectivity index (χ0n) is 25.0. The monoisotopic (exact) mass is 580 g/mol. The van der Waals surface area contributed by atoms with Crippen LogP contribution < -0.4 is 15.4 Å². The summed E-state index contributed by atoms with van der Waals surface area (Å²) in [7, 11) is 0. The third-order valence-electron chi connectivity index (χ3n) is 9.70. The van der Waals surface area contributed by atoms with E-state index in [4.69, 9.17) is 15.2 Å². The molecule has 42 heavy (non-hydrogen) atoms. The summed E-state index contributed by atoms with van der Waals surface area (Å²) in [4.78, 5) is 29.3. The minimum absolute atomic E-state index is 0.00419. The third kappa shape index (κ3) is 6.26. The molecule has 3 aliphatic heterocycles. The van der Waals surface area contributed by atoms with Gasteiger partial charge in [0.05, 0.1) is 24.5 Å². The Morgan fingerprint density at radius 3 is 2.62 bits per heavy atom. The average molecular weight is 581 g/mol. The number of nitrogens with two attached hydrogens (primary N) is 1. The van der Waals surface area contributed by atoms with Crippen molar-refractivity contribution in [3.8, 4) is 11.5 Å². The van der Waals surface area contributed by atoms with Gasteiger partial charge in [-0.2, -0.15) is 0 Å². The van der Waals surface area contributed by atoms with Crippen molar-refractivity contribution >= 4 is 11.7 Å². The van der Waals surface area contributed by atoms with Crippen LogP contribution in [0.5, 0.6) is 11.5 Å². The Labute approximate surface area is 248 Å². The van der Waals surface area contributed by atoms with Gasteiger partial charge in [0.1, 0.15) is 17.9 Å². The van der Waals surface area contributed by atoms with E-state index in [1.807, 2.05) is 18.7 Å². The first kappa shape index (κ1) is 29.3. The number of halogens is 1. The Morgan fingerprint density at radius 2 is 1.93 bits per heavy atom. The maximum absolute atomic E-state index is 14.5. The molecule has 228 valence electrons. The van der Waals surface area contributed by atoms with Crippen molar-refractivity contribution in [2.75, 3.05) is 44.2 Å². The maximum atomic E-state index is 14.5. The van der Waals surface area contributed by atoms with E-state index in [1.54, 1.807) is 12.3 Å². The maximum Gasteiger partial charge on any atom is 0.258 e. The second-order valence-electron chi connectivity index (χ2n) is 13.1. The van der Waals surface area contributed by atoms with Crippen molar-refractivity contribution in [2.24, 2.45) is 11.1 Å². The SMILES string of the molecule is CC(C)N(C(=O)c1cc(F)ccc1Oc1cncnc1N1CC2(CCN(C[C@@H]3CC[C@@H](N)CO3)CC2)C1)C1CCCC1. The first-order chi connectivity index (χ1) is 20.3. The number of ether oxygens (including phenoxy) is 2. The van der Waals surface area contributed by atoms with E-state index in [0.29, 0.717) is 30.0 Å². The van der Waals surface area contributed by atoms with Crippen LogP contribution in [0.4, 0.5) is 10.2 Å². The molecule has 1 amide bonds. The topological polar surface area (TPSA) is 97.1 Å². The van der Waals surface area contributed by atoms with Crippen molar-refractivity contribution < 1.29 is 18.7 Å². The summed E-state index contributed by atoms with van der Waals surface area (Å²) in [6.07, 6.45) is 12.0. The summed E-state index contributed by atoms with van der Waals surface area (Å²) in [5.74, 6) is 0.871. The van der Waals surface area contributed by atoms with Crippen molar-refractivity contribution in [3.05, 3.63) is 42.1 Å². The first-order valence-electron chi connectivity index (χ1n) is 15.7. The summed E-state index contributed by atoms with van der Waals surface area (Å²) in [6.45, 7) is 9.64. The Balaban J connectivity index is 1.11. The Kier molecular flexibility index (Phi) is 8.65. The van der Waals surface area contributed by atoms with Gasteiger partial charge in [-0.25, -0.2) is 14.4 Å². The van der Waals surface area contributed by atoms with Gasteiger partial charge in [0, 0.05) is 43.2 Å². The third-order valence-corrected chi connectivity index (χ3v) is 9.70. The molecule has 9 nitrogen and oxygen atoms in total. The number of amides is 1. The molecule has 4 heterocycles. The Morgan fingerprint density at radius 1 is 1.17 bits per heavy atom. The van der Waals surface area contributed by atoms with E-state index in [1.165, 1.54) is 18.5 Å². The molecule has 3 saturated heterocycles. The molecule has 1 saturated carbocycles. The van der Waals surface area contributed by atoms with E-state index < -0.39 is 5.82 Å². The van der Waals surface area contributed by atoms with Crippen molar-refractivity contribution in [1.29, 1.82) is 0 Å². The second kappa shape index (κ2) is 12.4. The van der Waals surface area contributed by atoms with E-state index in [9.17, 15) is 9.18 Å². The van der Waals surface area contributed by atoms with Crippen LogP contribution in [0.2, 0.25) is 0 Å².